The smallest absolute Gasteiger partial charge is 0.316 e. The Hall–Kier alpha value is -2.20. The topological polar surface area (TPSA) is 39.2 Å². The van der Waals surface area contributed by atoms with Gasteiger partial charge in [0.15, 0.2) is 0 Å². The first-order valence-electron chi connectivity index (χ1n) is 7.68. The van der Waals surface area contributed by atoms with Crippen molar-refractivity contribution in [2.45, 2.75) is 27.2 Å². The average molecular weight is 325 g/mol. The molecule has 0 amide bonds. The number of rotatable bonds is 4. The second kappa shape index (κ2) is 6.13. The van der Waals surface area contributed by atoms with Crippen molar-refractivity contribution in [2.75, 3.05) is 0 Å². The van der Waals surface area contributed by atoms with Gasteiger partial charge in [0.2, 0.25) is 0 Å². The number of ether oxygens (including phenoxy) is 1. The van der Waals surface area contributed by atoms with Gasteiger partial charge in [-0.15, -0.1) is 11.3 Å². The molecule has 0 saturated heterocycles. The Morgan fingerprint density at radius 3 is 2.57 bits per heavy atom. The van der Waals surface area contributed by atoms with E-state index in [1.807, 2.05) is 69.3 Å². The highest BCUT2D eigenvalue weighted by atomic mass is 32.1. The molecule has 3 rings (SSSR count). The fraction of sp³-hybridized carbons (Fsp3) is 0.263. The lowest BCUT2D eigenvalue weighted by Crippen LogP contribution is -2.28. The van der Waals surface area contributed by atoms with Crippen LogP contribution in [-0.2, 0) is 4.79 Å². The number of carbonyl (C=O) groups excluding carboxylic acids is 1. The van der Waals surface area contributed by atoms with Crippen molar-refractivity contribution in [1.29, 1.82) is 0 Å². The lowest BCUT2D eigenvalue weighted by molar-refractivity contribution is -0.144. The second-order valence-electron chi connectivity index (χ2n) is 6.11. The predicted octanol–water partition coefficient (Wildman–Crippen LogP) is 5.30. The third-order valence-corrected chi connectivity index (χ3v) is 5.12. The Morgan fingerprint density at radius 1 is 1.13 bits per heavy atom. The number of nitrogens with zero attached hydrogens (tertiary/aromatic N) is 1. The Labute approximate surface area is 139 Å². The van der Waals surface area contributed by atoms with Gasteiger partial charge in [-0.05, 0) is 44.5 Å². The highest BCUT2D eigenvalue weighted by molar-refractivity contribution is 7.21. The van der Waals surface area contributed by atoms with Gasteiger partial charge in [-0.3, -0.25) is 4.79 Å². The number of aromatic nitrogens is 1. The molecule has 0 saturated carbocycles. The molecule has 0 aliphatic rings. The quantitative estimate of drug-likeness (QED) is 0.482. The molecule has 0 spiro atoms. The summed E-state index contributed by atoms with van der Waals surface area (Å²) in [5, 5.41) is 0.865. The van der Waals surface area contributed by atoms with Gasteiger partial charge in [0.05, 0.1) is 21.2 Å². The lowest BCUT2D eigenvalue weighted by atomic mass is 9.91. The Bertz CT molecular complexity index is 818. The molecule has 0 aliphatic heterocycles. The normalized spacial score (nSPS) is 11.6. The zero-order chi connectivity index (χ0) is 16.4. The number of esters is 1. The molecule has 0 aliphatic carbocycles. The standard InChI is InChI=1S/C19H19NO2S/c1-4-19(2,3)18(21)22-15-11-7-5-9-13(15)17-20-14-10-6-8-12-16(14)23-17/h5-12H,4H2,1-3H3. The number of carbonyl (C=O) groups is 1. The SMILES string of the molecule is CCC(C)(C)C(=O)Oc1ccccc1-c1nc2ccccc2s1. The van der Waals surface area contributed by atoms with E-state index >= 15 is 0 Å². The summed E-state index contributed by atoms with van der Waals surface area (Å²) in [6, 6.07) is 15.6. The van der Waals surface area contributed by atoms with Crippen molar-refractivity contribution < 1.29 is 9.53 Å². The molecule has 3 aromatic rings. The number of para-hydroxylation sites is 2. The van der Waals surface area contributed by atoms with Crippen LogP contribution in [-0.4, -0.2) is 11.0 Å². The molecular weight excluding hydrogens is 306 g/mol. The van der Waals surface area contributed by atoms with Gasteiger partial charge < -0.3 is 4.74 Å². The first-order valence-corrected chi connectivity index (χ1v) is 8.50. The fourth-order valence-electron chi connectivity index (χ4n) is 2.10. The summed E-state index contributed by atoms with van der Waals surface area (Å²) in [4.78, 5) is 17.0. The lowest BCUT2D eigenvalue weighted by Gasteiger charge is -2.20. The summed E-state index contributed by atoms with van der Waals surface area (Å²) in [6.45, 7) is 5.78. The third-order valence-electron chi connectivity index (χ3n) is 4.05. The summed E-state index contributed by atoms with van der Waals surface area (Å²) >= 11 is 1.60. The van der Waals surface area contributed by atoms with Gasteiger partial charge in [-0.25, -0.2) is 4.98 Å². The molecule has 4 heteroatoms. The summed E-state index contributed by atoms with van der Waals surface area (Å²) in [7, 11) is 0. The van der Waals surface area contributed by atoms with E-state index in [1.165, 1.54) is 0 Å². The Balaban J connectivity index is 1.99. The van der Waals surface area contributed by atoms with Crippen molar-refractivity contribution in [3.8, 4) is 16.3 Å². The second-order valence-corrected chi connectivity index (χ2v) is 7.14. The molecule has 3 nitrogen and oxygen atoms in total. The van der Waals surface area contributed by atoms with Crippen LogP contribution in [0.1, 0.15) is 27.2 Å². The van der Waals surface area contributed by atoms with Crippen LogP contribution in [0, 0.1) is 5.41 Å². The number of fused-ring (bicyclic) bond motifs is 1. The predicted molar refractivity (Wildman–Crippen MR) is 94.8 cm³/mol. The minimum Gasteiger partial charge on any atom is -0.425 e. The number of benzene rings is 2. The number of thiazole rings is 1. The van der Waals surface area contributed by atoms with E-state index in [-0.39, 0.29) is 5.97 Å². The van der Waals surface area contributed by atoms with E-state index in [0.29, 0.717) is 5.75 Å². The van der Waals surface area contributed by atoms with Crippen LogP contribution in [0.5, 0.6) is 5.75 Å². The maximum atomic E-state index is 12.4. The fourth-order valence-corrected chi connectivity index (χ4v) is 3.10. The molecule has 0 radical (unpaired) electrons. The molecule has 0 N–H and O–H groups in total. The van der Waals surface area contributed by atoms with Crippen molar-refractivity contribution >= 4 is 27.5 Å². The van der Waals surface area contributed by atoms with Crippen LogP contribution >= 0.6 is 11.3 Å². The zero-order valence-corrected chi connectivity index (χ0v) is 14.3. The van der Waals surface area contributed by atoms with E-state index in [9.17, 15) is 4.79 Å². The third kappa shape index (κ3) is 3.13. The molecule has 0 atom stereocenters. The summed E-state index contributed by atoms with van der Waals surface area (Å²) in [5.74, 6) is 0.353. The van der Waals surface area contributed by atoms with Gasteiger partial charge in [0, 0.05) is 0 Å². The first-order chi connectivity index (χ1) is 11.0. The molecule has 118 valence electrons. The number of hydrogen-bond acceptors (Lipinski definition) is 4. The molecule has 0 unspecified atom stereocenters. The van der Waals surface area contributed by atoms with Gasteiger partial charge in [-0.1, -0.05) is 31.2 Å². The Kier molecular flexibility index (Phi) is 4.18. The maximum Gasteiger partial charge on any atom is 0.316 e. The summed E-state index contributed by atoms with van der Waals surface area (Å²) in [5.41, 5.74) is 1.32. The minimum atomic E-state index is -0.499. The van der Waals surface area contributed by atoms with Crippen molar-refractivity contribution in [3.05, 3.63) is 48.5 Å². The van der Waals surface area contributed by atoms with E-state index in [2.05, 4.69) is 4.98 Å². The largest absolute Gasteiger partial charge is 0.425 e. The highest BCUT2D eigenvalue weighted by Gasteiger charge is 2.28. The first kappa shape index (κ1) is 15.7. The molecule has 2 aromatic carbocycles. The molecule has 1 aromatic heterocycles. The molecule has 0 fully saturated rings. The van der Waals surface area contributed by atoms with Crippen molar-refractivity contribution in [3.63, 3.8) is 0 Å². The minimum absolute atomic E-state index is 0.214. The summed E-state index contributed by atoms with van der Waals surface area (Å²) in [6.07, 6.45) is 0.731. The van der Waals surface area contributed by atoms with Crippen LogP contribution in [0.2, 0.25) is 0 Å². The van der Waals surface area contributed by atoms with E-state index < -0.39 is 5.41 Å². The van der Waals surface area contributed by atoms with Crippen molar-refractivity contribution in [1.82, 2.24) is 4.98 Å². The molecule has 23 heavy (non-hydrogen) atoms. The van der Waals surface area contributed by atoms with Gasteiger partial charge >= 0.3 is 5.97 Å². The van der Waals surface area contributed by atoms with Gasteiger partial charge in [-0.2, -0.15) is 0 Å². The molecular formula is C19H19NO2S. The van der Waals surface area contributed by atoms with Crippen molar-refractivity contribution in [2.24, 2.45) is 5.41 Å². The molecule has 1 heterocycles. The van der Waals surface area contributed by atoms with Crippen LogP contribution in [0.15, 0.2) is 48.5 Å². The van der Waals surface area contributed by atoms with Crippen LogP contribution < -0.4 is 4.74 Å². The Morgan fingerprint density at radius 2 is 1.83 bits per heavy atom. The monoisotopic (exact) mass is 325 g/mol. The van der Waals surface area contributed by atoms with E-state index in [0.717, 1.165) is 27.2 Å². The summed E-state index contributed by atoms with van der Waals surface area (Å²) < 4.78 is 6.80. The van der Waals surface area contributed by atoms with Crippen LogP contribution in [0.25, 0.3) is 20.8 Å². The average Bonchev–Trinajstić information content (AvgIpc) is 2.99. The van der Waals surface area contributed by atoms with E-state index in [4.69, 9.17) is 4.74 Å². The van der Waals surface area contributed by atoms with Crippen LogP contribution in [0.4, 0.5) is 0 Å². The van der Waals surface area contributed by atoms with Gasteiger partial charge in [0.1, 0.15) is 10.8 Å². The highest BCUT2D eigenvalue weighted by Crippen LogP contribution is 2.36. The van der Waals surface area contributed by atoms with E-state index in [1.54, 1.807) is 11.3 Å². The number of hydrogen-bond donors (Lipinski definition) is 0. The van der Waals surface area contributed by atoms with Gasteiger partial charge in [0.25, 0.3) is 0 Å². The zero-order valence-electron chi connectivity index (χ0n) is 13.5. The van der Waals surface area contributed by atoms with Crippen LogP contribution in [0.3, 0.4) is 0 Å². The molecule has 0 bridgehead atoms. The maximum absolute atomic E-state index is 12.4.